The van der Waals surface area contributed by atoms with E-state index in [1.165, 1.54) is 0 Å². The predicted octanol–water partition coefficient (Wildman–Crippen LogP) is 2.83. The minimum absolute atomic E-state index is 0.0508. The number of hydrogen-bond acceptors (Lipinski definition) is 2. The van der Waals surface area contributed by atoms with Gasteiger partial charge in [-0.3, -0.25) is 4.98 Å². The van der Waals surface area contributed by atoms with Gasteiger partial charge in [0.25, 0.3) is 0 Å². The molecule has 0 aliphatic rings. The predicted molar refractivity (Wildman–Crippen MR) is 60.0 cm³/mol. The number of pyridine rings is 1. The van der Waals surface area contributed by atoms with Crippen LogP contribution in [-0.2, 0) is 0 Å². The van der Waals surface area contributed by atoms with Gasteiger partial charge in [-0.25, -0.2) is 0 Å². The van der Waals surface area contributed by atoms with Crippen molar-refractivity contribution in [2.24, 2.45) is 11.1 Å². The largest absolute Gasteiger partial charge is 0.323 e. The Morgan fingerprint density at radius 1 is 1.36 bits per heavy atom. The number of nitrogens with zero attached hydrogens (tertiary/aromatic N) is 1. The van der Waals surface area contributed by atoms with Crippen molar-refractivity contribution in [2.75, 3.05) is 0 Å². The lowest BCUT2D eigenvalue weighted by Crippen LogP contribution is -2.19. The fourth-order valence-corrected chi connectivity index (χ4v) is 1.53. The summed E-state index contributed by atoms with van der Waals surface area (Å²) in [5.74, 6) is 0. The molecule has 0 aromatic carbocycles. The number of rotatable bonds is 2. The first-order chi connectivity index (χ1) is 6.38. The van der Waals surface area contributed by atoms with Crippen LogP contribution < -0.4 is 5.73 Å². The third-order valence-electron chi connectivity index (χ3n) is 2.12. The van der Waals surface area contributed by atoms with Crippen molar-refractivity contribution >= 4 is 0 Å². The van der Waals surface area contributed by atoms with Gasteiger partial charge in [-0.2, -0.15) is 0 Å². The van der Waals surface area contributed by atoms with Gasteiger partial charge in [0.05, 0.1) is 5.69 Å². The molecule has 0 saturated heterocycles. The van der Waals surface area contributed by atoms with Crippen molar-refractivity contribution in [3.05, 3.63) is 29.6 Å². The Morgan fingerprint density at radius 2 is 2.00 bits per heavy atom. The second-order valence-corrected chi connectivity index (χ2v) is 5.08. The van der Waals surface area contributed by atoms with Gasteiger partial charge in [-0.15, -0.1) is 0 Å². The third-order valence-corrected chi connectivity index (χ3v) is 2.12. The highest BCUT2D eigenvalue weighted by Crippen LogP contribution is 2.26. The summed E-state index contributed by atoms with van der Waals surface area (Å²) in [6, 6.07) is 6.06. The molecule has 0 amide bonds. The maximum atomic E-state index is 6.09. The highest BCUT2D eigenvalue weighted by molar-refractivity contribution is 5.13. The van der Waals surface area contributed by atoms with Crippen LogP contribution in [0.5, 0.6) is 0 Å². The van der Waals surface area contributed by atoms with E-state index < -0.39 is 0 Å². The Balaban J connectivity index is 2.74. The minimum Gasteiger partial charge on any atom is -0.323 e. The first kappa shape index (κ1) is 11.2. The van der Waals surface area contributed by atoms with Gasteiger partial charge in [0.15, 0.2) is 0 Å². The molecule has 0 aliphatic carbocycles. The maximum Gasteiger partial charge on any atom is 0.0574 e. The lowest BCUT2D eigenvalue weighted by Gasteiger charge is -2.22. The van der Waals surface area contributed by atoms with E-state index in [9.17, 15) is 0 Å². The second kappa shape index (κ2) is 4.09. The molecule has 0 radical (unpaired) electrons. The molecule has 2 heteroatoms. The van der Waals surface area contributed by atoms with Crippen LogP contribution in [0.15, 0.2) is 18.2 Å². The summed E-state index contributed by atoms with van der Waals surface area (Å²) in [6.07, 6.45) is 0.962. The van der Waals surface area contributed by atoms with E-state index >= 15 is 0 Å². The summed E-state index contributed by atoms with van der Waals surface area (Å²) in [5.41, 5.74) is 8.38. The van der Waals surface area contributed by atoms with Crippen molar-refractivity contribution in [3.63, 3.8) is 0 Å². The van der Waals surface area contributed by atoms with Gasteiger partial charge >= 0.3 is 0 Å². The van der Waals surface area contributed by atoms with Crippen molar-refractivity contribution in [1.82, 2.24) is 4.98 Å². The summed E-state index contributed by atoms with van der Waals surface area (Å²) >= 11 is 0. The van der Waals surface area contributed by atoms with Gasteiger partial charge < -0.3 is 5.73 Å². The quantitative estimate of drug-likeness (QED) is 0.782. The molecule has 0 saturated carbocycles. The molecule has 1 aromatic rings. The summed E-state index contributed by atoms with van der Waals surface area (Å²) in [4.78, 5) is 4.43. The topological polar surface area (TPSA) is 38.9 Å². The molecule has 1 atom stereocenters. The van der Waals surface area contributed by atoms with Crippen LogP contribution in [0.3, 0.4) is 0 Å². The zero-order chi connectivity index (χ0) is 10.8. The van der Waals surface area contributed by atoms with Gasteiger partial charge in [0.2, 0.25) is 0 Å². The van der Waals surface area contributed by atoms with Crippen LogP contribution >= 0.6 is 0 Å². The van der Waals surface area contributed by atoms with Crippen LogP contribution in [-0.4, -0.2) is 4.98 Å². The van der Waals surface area contributed by atoms with E-state index in [-0.39, 0.29) is 11.5 Å². The average Bonchev–Trinajstić information content (AvgIpc) is 2.01. The van der Waals surface area contributed by atoms with E-state index in [2.05, 4.69) is 25.8 Å². The first-order valence-corrected chi connectivity index (χ1v) is 5.08. The fraction of sp³-hybridized carbons (Fsp3) is 0.583. The molecule has 14 heavy (non-hydrogen) atoms. The van der Waals surface area contributed by atoms with Crippen LogP contribution in [0.1, 0.15) is 44.6 Å². The smallest absolute Gasteiger partial charge is 0.0574 e. The van der Waals surface area contributed by atoms with E-state index in [1.54, 1.807) is 0 Å². The zero-order valence-corrected chi connectivity index (χ0v) is 9.54. The highest BCUT2D eigenvalue weighted by atomic mass is 14.8. The Morgan fingerprint density at radius 3 is 2.50 bits per heavy atom. The molecule has 1 aromatic heterocycles. The molecule has 0 fully saturated rings. The zero-order valence-electron chi connectivity index (χ0n) is 9.54. The Bertz CT molecular complexity index is 299. The third kappa shape index (κ3) is 3.46. The van der Waals surface area contributed by atoms with E-state index in [4.69, 9.17) is 5.73 Å². The highest BCUT2D eigenvalue weighted by Gasteiger charge is 2.17. The van der Waals surface area contributed by atoms with Crippen molar-refractivity contribution in [2.45, 2.75) is 40.2 Å². The van der Waals surface area contributed by atoms with Crippen LogP contribution in [0.25, 0.3) is 0 Å². The number of aryl methyl sites for hydroxylation is 1. The molecule has 78 valence electrons. The monoisotopic (exact) mass is 192 g/mol. The van der Waals surface area contributed by atoms with Gasteiger partial charge in [-0.05, 0) is 30.9 Å². The summed E-state index contributed by atoms with van der Waals surface area (Å²) in [5, 5.41) is 0. The van der Waals surface area contributed by atoms with Crippen molar-refractivity contribution in [1.29, 1.82) is 0 Å². The molecule has 0 aliphatic heterocycles. The van der Waals surface area contributed by atoms with E-state index in [1.807, 2.05) is 25.1 Å². The SMILES string of the molecule is Cc1cccc([C@@H](N)CC(C)(C)C)n1. The molecule has 0 unspecified atom stereocenters. The molecule has 1 heterocycles. The number of aromatic nitrogens is 1. The van der Waals surface area contributed by atoms with Crippen LogP contribution in [0.4, 0.5) is 0 Å². The molecular formula is C12H20N2. The van der Waals surface area contributed by atoms with Crippen molar-refractivity contribution < 1.29 is 0 Å². The van der Waals surface area contributed by atoms with E-state index in [0.29, 0.717) is 0 Å². The van der Waals surface area contributed by atoms with Crippen LogP contribution in [0.2, 0.25) is 0 Å². The average molecular weight is 192 g/mol. The molecular weight excluding hydrogens is 172 g/mol. The standard InChI is InChI=1S/C12H20N2/c1-9-6-5-7-11(14-9)10(13)8-12(2,3)4/h5-7,10H,8,13H2,1-4H3/t10-/m0/s1. The molecule has 1 rings (SSSR count). The minimum atomic E-state index is 0.0508. The van der Waals surface area contributed by atoms with Gasteiger partial charge in [0.1, 0.15) is 0 Å². The molecule has 0 spiro atoms. The molecule has 2 nitrogen and oxygen atoms in total. The lowest BCUT2D eigenvalue weighted by molar-refractivity contribution is 0.340. The number of hydrogen-bond donors (Lipinski definition) is 1. The lowest BCUT2D eigenvalue weighted by atomic mass is 9.87. The fourth-order valence-electron chi connectivity index (χ4n) is 1.53. The molecule has 0 bridgehead atoms. The maximum absolute atomic E-state index is 6.09. The van der Waals surface area contributed by atoms with Gasteiger partial charge in [0, 0.05) is 11.7 Å². The number of nitrogens with two attached hydrogens (primary N) is 1. The van der Waals surface area contributed by atoms with E-state index in [0.717, 1.165) is 17.8 Å². The Kier molecular flexibility index (Phi) is 3.27. The summed E-state index contributed by atoms with van der Waals surface area (Å²) in [7, 11) is 0. The Hall–Kier alpha value is -0.890. The van der Waals surface area contributed by atoms with Gasteiger partial charge in [-0.1, -0.05) is 26.8 Å². The van der Waals surface area contributed by atoms with Crippen molar-refractivity contribution in [3.8, 4) is 0 Å². The summed E-state index contributed by atoms with van der Waals surface area (Å²) in [6.45, 7) is 8.58. The summed E-state index contributed by atoms with van der Waals surface area (Å²) < 4.78 is 0. The Labute approximate surface area is 86.5 Å². The molecule has 2 N–H and O–H groups in total. The van der Waals surface area contributed by atoms with Crippen LogP contribution in [0, 0.1) is 12.3 Å². The first-order valence-electron chi connectivity index (χ1n) is 5.08. The normalized spacial score (nSPS) is 14.1. The second-order valence-electron chi connectivity index (χ2n) is 5.08.